The second kappa shape index (κ2) is 7.61. The van der Waals surface area contributed by atoms with E-state index in [-0.39, 0.29) is 4.91 Å². The normalized spacial score (nSPS) is 15.7. The first-order chi connectivity index (χ1) is 12.5. The predicted molar refractivity (Wildman–Crippen MR) is 104 cm³/mol. The van der Waals surface area contributed by atoms with E-state index in [0.717, 1.165) is 16.7 Å². The van der Waals surface area contributed by atoms with Gasteiger partial charge in [-0.3, -0.25) is 9.59 Å². The smallest absolute Gasteiger partial charge is 0.298 e. The number of imide groups is 1. The maximum atomic E-state index is 12.8. The van der Waals surface area contributed by atoms with E-state index in [1.165, 1.54) is 20.3 Å². The van der Waals surface area contributed by atoms with Crippen LogP contribution in [0, 0.1) is 0 Å². The molecule has 134 valence electrons. The quantitative estimate of drug-likeness (QED) is 0.645. The first kappa shape index (κ1) is 18.6. The highest BCUT2D eigenvalue weighted by molar-refractivity contribution is 8.19. The lowest BCUT2D eigenvalue weighted by atomic mass is 10.1. The van der Waals surface area contributed by atoms with Crippen LogP contribution in [-0.2, 0) is 4.79 Å². The molecule has 1 heterocycles. The van der Waals surface area contributed by atoms with E-state index in [0.29, 0.717) is 32.8 Å². The number of hydrogen-bond acceptors (Lipinski definition) is 5. The first-order valence-corrected chi connectivity index (χ1v) is 8.97. The Morgan fingerprint density at radius 1 is 1.08 bits per heavy atom. The fourth-order valence-corrected chi connectivity index (χ4v) is 3.95. The number of thioether (sulfide) groups is 1. The zero-order valence-electron chi connectivity index (χ0n) is 13.8. The fourth-order valence-electron chi connectivity index (χ4n) is 2.53. The number of para-hydroxylation sites is 2. The zero-order valence-corrected chi connectivity index (χ0v) is 16.1. The SMILES string of the molecule is COc1ccccc1N1C(=O)S/C(=C\c2cc(Cl)cc(Cl)c2OC)C1=O. The van der Waals surface area contributed by atoms with Crippen molar-refractivity contribution in [3.8, 4) is 11.5 Å². The van der Waals surface area contributed by atoms with E-state index < -0.39 is 11.1 Å². The van der Waals surface area contributed by atoms with E-state index in [1.807, 2.05) is 0 Å². The number of amides is 2. The molecular weight excluding hydrogens is 397 g/mol. The second-order valence-electron chi connectivity index (χ2n) is 5.20. The van der Waals surface area contributed by atoms with Crippen molar-refractivity contribution in [3.05, 3.63) is 56.9 Å². The molecule has 2 aromatic rings. The van der Waals surface area contributed by atoms with Gasteiger partial charge in [-0.2, -0.15) is 0 Å². The molecule has 1 aliphatic rings. The van der Waals surface area contributed by atoms with Crippen LogP contribution in [0.1, 0.15) is 5.56 Å². The van der Waals surface area contributed by atoms with Crippen LogP contribution in [0.5, 0.6) is 11.5 Å². The molecule has 0 radical (unpaired) electrons. The number of ether oxygens (including phenoxy) is 2. The average Bonchev–Trinajstić information content (AvgIpc) is 2.88. The predicted octanol–water partition coefficient (Wildman–Crippen LogP) is 5.25. The molecule has 3 rings (SSSR count). The van der Waals surface area contributed by atoms with Gasteiger partial charge in [0.15, 0.2) is 0 Å². The van der Waals surface area contributed by atoms with Gasteiger partial charge in [-0.15, -0.1) is 0 Å². The molecular formula is C18H13Cl2NO4S. The average molecular weight is 410 g/mol. The summed E-state index contributed by atoms with van der Waals surface area (Å²) in [5, 5.41) is 0.291. The molecule has 26 heavy (non-hydrogen) atoms. The summed E-state index contributed by atoms with van der Waals surface area (Å²) in [5.41, 5.74) is 0.896. The van der Waals surface area contributed by atoms with Crippen molar-refractivity contribution in [2.75, 3.05) is 19.1 Å². The summed E-state index contributed by atoms with van der Waals surface area (Å²) in [4.78, 5) is 26.6. The number of nitrogens with zero attached hydrogens (tertiary/aromatic N) is 1. The number of benzene rings is 2. The zero-order chi connectivity index (χ0) is 18.8. The van der Waals surface area contributed by atoms with Gasteiger partial charge >= 0.3 is 0 Å². The maximum absolute atomic E-state index is 12.8. The van der Waals surface area contributed by atoms with Crippen LogP contribution >= 0.6 is 35.0 Å². The lowest BCUT2D eigenvalue weighted by Gasteiger charge is -2.15. The molecule has 1 saturated heterocycles. The second-order valence-corrected chi connectivity index (χ2v) is 7.04. The van der Waals surface area contributed by atoms with Crippen molar-refractivity contribution in [1.29, 1.82) is 0 Å². The van der Waals surface area contributed by atoms with E-state index in [1.54, 1.807) is 36.4 Å². The Kier molecular flexibility index (Phi) is 5.46. The van der Waals surface area contributed by atoms with Crippen LogP contribution in [0.2, 0.25) is 10.0 Å². The number of halogens is 2. The van der Waals surface area contributed by atoms with Crippen LogP contribution in [0.4, 0.5) is 10.5 Å². The van der Waals surface area contributed by atoms with Gasteiger partial charge in [-0.1, -0.05) is 35.3 Å². The standard InChI is InChI=1S/C18H13Cl2NO4S/c1-24-14-6-4-3-5-13(14)21-17(22)15(26-18(21)23)8-10-7-11(19)9-12(20)16(10)25-2/h3-9H,1-2H3/b15-8-. The first-order valence-electron chi connectivity index (χ1n) is 7.40. The summed E-state index contributed by atoms with van der Waals surface area (Å²) in [7, 11) is 2.94. The van der Waals surface area contributed by atoms with Crippen molar-refractivity contribution < 1.29 is 19.1 Å². The van der Waals surface area contributed by atoms with Crippen molar-refractivity contribution in [2.45, 2.75) is 0 Å². The fraction of sp³-hybridized carbons (Fsp3) is 0.111. The topological polar surface area (TPSA) is 55.8 Å². The van der Waals surface area contributed by atoms with Crippen LogP contribution in [0.3, 0.4) is 0 Å². The van der Waals surface area contributed by atoms with E-state index in [9.17, 15) is 9.59 Å². The highest BCUT2D eigenvalue weighted by Gasteiger charge is 2.37. The Morgan fingerprint density at radius 3 is 2.50 bits per heavy atom. The molecule has 0 aromatic heterocycles. The van der Waals surface area contributed by atoms with Crippen molar-refractivity contribution in [1.82, 2.24) is 0 Å². The van der Waals surface area contributed by atoms with Crippen LogP contribution in [0.25, 0.3) is 6.08 Å². The molecule has 0 unspecified atom stereocenters. The van der Waals surface area contributed by atoms with Gasteiger partial charge in [0, 0.05) is 10.6 Å². The lowest BCUT2D eigenvalue weighted by molar-refractivity contribution is -0.113. The lowest BCUT2D eigenvalue weighted by Crippen LogP contribution is -2.28. The molecule has 0 saturated carbocycles. The number of hydrogen-bond donors (Lipinski definition) is 0. The summed E-state index contributed by atoms with van der Waals surface area (Å²) >= 11 is 13.0. The monoisotopic (exact) mass is 409 g/mol. The van der Waals surface area contributed by atoms with E-state index in [2.05, 4.69) is 0 Å². The molecule has 0 atom stereocenters. The van der Waals surface area contributed by atoms with E-state index in [4.69, 9.17) is 32.7 Å². The number of rotatable bonds is 4. The molecule has 0 N–H and O–H groups in total. The largest absolute Gasteiger partial charge is 0.495 e. The molecule has 0 bridgehead atoms. The third kappa shape index (κ3) is 3.40. The van der Waals surface area contributed by atoms with Gasteiger partial charge in [0.1, 0.15) is 11.5 Å². The minimum atomic E-state index is -0.456. The summed E-state index contributed by atoms with van der Waals surface area (Å²) < 4.78 is 10.5. The maximum Gasteiger partial charge on any atom is 0.298 e. The third-order valence-electron chi connectivity index (χ3n) is 3.65. The Balaban J connectivity index is 2.04. The van der Waals surface area contributed by atoms with Crippen LogP contribution < -0.4 is 14.4 Å². The third-order valence-corrected chi connectivity index (χ3v) is 5.02. The molecule has 2 amide bonds. The van der Waals surface area contributed by atoms with Crippen molar-refractivity contribution in [2.24, 2.45) is 0 Å². The molecule has 0 aliphatic carbocycles. The number of methoxy groups -OCH3 is 2. The molecule has 5 nitrogen and oxygen atoms in total. The number of carbonyl (C=O) groups is 2. The van der Waals surface area contributed by atoms with E-state index >= 15 is 0 Å². The minimum Gasteiger partial charge on any atom is -0.495 e. The van der Waals surface area contributed by atoms with Gasteiger partial charge in [-0.05, 0) is 42.1 Å². The molecule has 2 aromatic carbocycles. The van der Waals surface area contributed by atoms with Crippen molar-refractivity contribution >= 4 is 57.9 Å². The van der Waals surface area contributed by atoms with Gasteiger partial charge in [0.05, 0.1) is 29.8 Å². The molecule has 8 heteroatoms. The highest BCUT2D eigenvalue weighted by atomic mass is 35.5. The Hall–Kier alpha value is -2.15. The van der Waals surface area contributed by atoms with Crippen LogP contribution in [-0.4, -0.2) is 25.4 Å². The molecule has 1 fully saturated rings. The van der Waals surface area contributed by atoms with Gasteiger partial charge in [-0.25, -0.2) is 4.90 Å². The highest BCUT2D eigenvalue weighted by Crippen LogP contribution is 2.41. The summed E-state index contributed by atoms with van der Waals surface area (Å²) in [6.07, 6.45) is 1.54. The summed E-state index contributed by atoms with van der Waals surface area (Å²) in [5.74, 6) is 0.349. The summed E-state index contributed by atoms with van der Waals surface area (Å²) in [6.45, 7) is 0. The molecule has 0 spiro atoms. The van der Waals surface area contributed by atoms with Crippen LogP contribution in [0.15, 0.2) is 41.3 Å². The Morgan fingerprint density at radius 2 is 1.81 bits per heavy atom. The molecule has 1 aliphatic heterocycles. The van der Waals surface area contributed by atoms with Gasteiger partial charge in [0.2, 0.25) is 0 Å². The van der Waals surface area contributed by atoms with Gasteiger partial charge in [0.25, 0.3) is 11.1 Å². The number of anilines is 1. The van der Waals surface area contributed by atoms with Gasteiger partial charge < -0.3 is 9.47 Å². The minimum absolute atomic E-state index is 0.234. The Labute approximate surface area is 164 Å². The van der Waals surface area contributed by atoms with Crippen molar-refractivity contribution in [3.63, 3.8) is 0 Å². The Bertz CT molecular complexity index is 929. The summed E-state index contributed by atoms with van der Waals surface area (Å²) in [6, 6.07) is 9.97. The number of carbonyl (C=O) groups excluding carboxylic acids is 2.